The van der Waals surface area contributed by atoms with E-state index in [0.717, 1.165) is 0 Å². The number of hydrogen-bond acceptors (Lipinski definition) is 4. The fourth-order valence-corrected chi connectivity index (χ4v) is 0.651. The quantitative estimate of drug-likeness (QED) is 0.300. The Morgan fingerprint density at radius 2 is 2.33 bits per heavy atom. The van der Waals surface area contributed by atoms with Crippen molar-refractivity contribution in [1.82, 2.24) is 0 Å². The average Bonchev–Trinajstić information content (AvgIpc) is 2.01. The molecule has 0 aromatic heterocycles. The fraction of sp³-hybridized carbons (Fsp3) is 0.800. The second-order valence-electron chi connectivity index (χ2n) is 2.31. The first-order valence-corrected chi connectivity index (χ1v) is 3.35. The number of nitrogens with two attached hydrogens (primary N) is 2. The van der Waals surface area contributed by atoms with E-state index in [9.17, 15) is 4.79 Å². The average molecular weight is 173 g/mol. The smallest absolute Gasteiger partial charge is 0.329 e. The predicted octanol–water partition coefficient (Wildman–Crippen LogP) is -0.225. The molecule has 0 rings (SSSR count). The maximum absolute atomic E-state index is 10.5. The minimum absolute atomic E-state index is 0.0445. The fourth-order valence-electron chi connectivity index (χ4n) is 0.651. The van der Waals surface area contributed by atoms with E-state index in [1.54, 1.807) is 0 Å². The number of azide groups is 1. The van der Waals surface area contributed by atoms with Gasteiger partial charge in [-0.3, -0.25) is 4.79 Å². The highest BCUT2D eigenvalue weighted by molar-refractivity contribution is 5.77. The summed E-state index contributed by atoms with van der Waals surface area (Å²) in [5.74, 6) is -1.34. The van der Waals surface area contributed by atoms with Crippen LogP contribution in [0.5, 0.6) is 0 Å². The molecule has 12 heavy (non-hydrogen) atoms. The summed E-state index contributed by atoms with van der Waals surface area (Å²) < 4.78 is 0. The van der Waals surface area contributed by atoms with Gasteiger partial charge in [-0.25, -0.2) is 0 Å². The summed E-state index contributed by atoms with van der Waals surface area (Å²) in [7, 11) is 0. The number of carboxylic acid groups (broad SMARTS) is 1. The van der Waals surface area contributed by atoms with Gasteiger partial charge in [0, 0.05) is 4.91 Å². The van der Waals surface area contributed by atoms with Crippen molar-refractivity contribution < 1.29 is 9.90 Å². The first-order valence-electron chi connectivity index (χ1n) is 3.35. The number of carbonyl (C=O) groups is 1. The highest BCUT2D eigenvalue weighted by Crippen LogP contribution is 2.11. The molecule has 0 spiro atoms. The first kappa shape index (κ1) is 10.7. The van der Waals surface area contributed by atoms with E-state index in [2.05, 4.69) is 10.0 Å². The van der Waals surface area contributed by atoms with Gasteiger partial charge in [-0.05, 0) is 24.9 Å². The minimum Gasteiger partial charge on any atom is -0.480 e. The molecule has 68 valence electrons. The monoisotopic (exact) mass is 173 g/mol. The van der Waals surface area contributed by atoms with Crippen LogP contribution >= 0.6 is 0 Å². The Morgan fingerprint density at radius 1 is 1.75 bits per heavy atom. The van der Waals surface area contributed by atoms with Crippen molar-refractivity contribution in [2.24, 2.45) is 16.6 Å². The van der Waals surface area contributed by atoms with Gasteiger partial charge in [0.15, 0.2) is 5.66 Å². The molecule has 7 nitrogen and oxygen atoms in total. The van der Waals surface area contributed by atoms with E-state index < -0.39 is 11.6 Å². The van der Waals surface area contributed by atoms with Gasteiger partial charge in [0.2, 0.25) is 0 Å². The zero-order valence-electron chi connectivity index (χ0n) is 6.47. The van der Waals surface area contributed by atoms with E-state index >= 15 is 0 Å². The van der Waals surface area contributed by atoms with Gasteiger partial charge >= 0.3 is 5.97 Å². The van der Waals surface area contributed by atoms with Crippen LogP contribution in [0.15, 0.2) is 5.11 Å². The van der Waals surface area contributed by atoms with Crippen LogP contribution < -0.4 is 11.5 Å². The van der Waals surface area contributed by atoms with Crippen molar-refractivity contribution in [3.8, 4) is 0 Å². The predicted molar refractivity (Wildman–Crippen MR) is 42.0 cm³/mol. The maximum atomic E-state index is 10.5. The largest absolute Gasteiger partial charge is 0.480 e. The Bertz CT molecular complexity index is 208. The van der Waals surface area contributed by atoms with Gasteiger partial charge in [0.25, 0.3) is 0 Å². The molecule has 0 bridgehead atoms. The van der Waals surface area contributed by atoms with Crippen LogP contribution in [0.3, 0.4) is 0 Å². The van der Waals surface area contributed by atoms with Gasteiger partial charge in [0.1, 0.15) is 0 Å². The second-order valence-corrected chi connectivity index (χ2v) is 2.31. The third kappa shape index (κ3) is 2.75. The summed E-state index contributed by atoms with van der Waals surface area (Å²) in [6.07, 6.45) is 0.449. The van der Waals surface area contributed by atoms with Gasteiger partial charge in [0.05, 0.1) is 0 Å². The van der Waals surface area contributed by atoms with E-state index in [4.69, 9.17) is 22.1 Å². The summed E-state index contributed by atoms with van der Waals surface area (Å²) in [5, 5.41) is 11.6. The Labute approximate surface area is 69.0 Å². The summed E-state index contributed by atoms with van der Waals surface area (Å²) in [6.45, 7) is 0.313. The lowest BCUT2D eigenvalue weighted by molar-refractivity contribution is -0.143. The maximum Gasteiger partial charge on any atom is 0.329 e. The molecule has 0 aromatic carbocycles. The molecule has 0 aromatic rings. The highest BCUT2D eigenvalue weighted by atomic mass is 16.4. The molecule has 0 saturated heterocycles. The van der Waals surface area contributed by atoms with E-state index in [1.165, 1.54) is 0 Å². The lowest BCUT2D eigenvalue weighted by atomic mass is 10.1. The van der Waals surface area contributed by atoms with Crippen molar-refractivity contribution in [2.45, 2.75) is 18.5 Å². The normalized spacial score (nSPS) is 14.5. The number of hydrogen-bond donors (Lipinski definition) is 3. The molecule has 0 heterocycles. The van der Waals surface area contributed by atoms with Gasteiger partial charge in [-0.15, -0.1) is 0 Å². The second kappa shape index (κ2) is 4.55. The molecular formula is C5H11N5O2. The molecule has 0 aliphatic rings. The highest BCUT2D eigenvalue weighted by Gasteiger charge is 2.31. The molecule has 0 aliphatic carbocycles. The summed E-state index contributed by atoms with van der Waals surface area (Å²) in [4.78, 5) is 12.8. The molecule has 0 saturated carbocycles. The molecule has 1 atom stereocenters. The summed E-state index contributed by atoms with van der Waals surface area (Å²) in [6, 6.07) is 0. The lowest BCUT2D eigenvalue weighted by Gasteiger charge is -2.17. The van der Waals surface area contributed by atoms with E-state index in [-0.39, 0.29) is 6.42 Å². The molecule has 0 unspecified atom stereocenters. The molecule has 0 aliphatic heterocycles. The van der Waals surface area contributed by atoms with Crippen molar-refractivity contribution in [3.63, 3.8) is 0 Å². The third-order valence-corrected chi connectivity index (χ3v) is 1.36. The summed E-state index contributed by atoms with van der Waals surface area (Å²) >= 11 is 0. The van der Waals surface area contributed by atoms with Crippen LogP contribution in [0, 0.1) is 0 Å². The zero-order chi connectivity index (χ0) is 9.61. The standard InChI is InChI=1S/C5H11N5O2/c6-3-1-2-5(7,4(11)12)9-10-8/h1-3,6-7H2,(H,11,12)/t5-/m1/s1. The van der Waals surface area contributed by atoms with E-state index in [0.29, 0.717) is 13.0 Å². The van der Waals surface area contributed by atoms with Gasteiger partial charge < -0.3 is 16.6 Å². The van der Waals surface area contributed by atoms with Crippen LogP contribution in [-0.4, -0.2) is 23.3 Å². The zero-order valence-corrected chi connectivity index (χ0v) is 6.47. The van der Waals surface area contributed by atoms with Crippen LogP contribution in [0.2, 0.25) is 0 Å². The number of nitrogens with zero attached hydrogens (tertiary/aromatic N) is 3. The van der Waals surface area contributed by atoms with Crippen molar-refractivity contribution in [2.75, 3.05) is 6.54 Å². The topological polar surface area (TPSA) is 138 Å². The Morgan fingerprint density at radius 3 is 2.67 bits per heavy atom. The third-order valence-electron chi connectivity index (χ3n) is 1.36. The van der Waals surface area contributed by atoms with E-state index in [1.807, 2.05) is 0 Å². The lowest BCUT2D eigenvalue weighted by Crippen LogP contribution is -2.45. The molecule has 5 N–H and O–H groups in total. The SMILES string of the molecule is [N-]=[N+]=N[C@](N)(CCCN)C(=O)O. The molecule has 0 radical (unpaired) electrons. The van der Waals surface area contributed by atoms with Crippen LogP contribution in [0.25, 0.3) is 10.4 Å². The Balaban J connectivity index is 4.39. The first-order chi connectivity index (χ1) is 5.56. The summed E-state index contributed by atoms with van der Waals surface area (Å²) in [5.41, 5.74) is 16.6. The molecular weight excluding hydrogens is 162 g/mol. The van der Waals surface area contributed by atoms with Gasteiger partial charge in [-0.2, -0.15) is 0 Å². The minimum atomic E-state index is -1.85. The number of aliphatic carboxylic acids is 1. The van der Waals surface area contributed by atoms with Crippen LogP contribution in [0.4, 0.5) is 0 Å². The number of carboxylic acids is 1. The van der Waals surface area contributed by atoms with Crippen molar-refractivity contribution in [1.29, 1.82) is 0 Å². The molecule has 7 heteroatoms. The Hall–Kier alpha value is -1.30. The van der Waals surface area contributed by atoms with Crippen LogP contribution in [-0.2, 0) is 4.79 Å². The molecule has 0 amide bonds. The van der Waals surface area contributed by atoms with Crippen LogP contribution in [0.1, 0.15) is 12.8 Å². The van der Waals surface area contributed by atoms with Crippen molar-refractivity contribution >= 4 is 5.97 Å². The molecule has 0 fully saturated rings. The Kier molecular flexibility index (Phi) is 4.06. The van der Waals surface area contributed by atoms with Gasteiger partial charge in [-0.1, -0.05) is 5.11 Å². The van der Waals surface area contributed by atoms with Crippen molar-refractivity contribution in [3.05, 3.63) is 10.4 Å². The number of rotatable bonds is 5.